The van der Waals surface area contributed by atoms with E-state index in [0.29, 0.717) is 11.5 Å². The first kappa shape index (κ1) is 29.4. The van der Waals surface area contributed by atoms with Gasteiger partial charge in [0.25, 0.3) is 0 Å². The molecule has 198 valence electrons. The van der Waals surface area contributed by atoms with Gasteiger partial charge >= 0.3 is 6.03 Å². The Balaban J connectivity index is 0.000000283. The molecule has 0 aliphatic carbocycles. The first-order valence-electron chi connectivity index (χ1n) is 12.4. The van der Waals surface area contributed by atoms with E-state index in [1.54, 1.807) is 31.3 Å². The molecule has 8 nitrogen and oxygen atoms in total. The van der Waals surface area contributed by atoms with Crippen molar-refractivity contribution in [2.24, 2.45) is 0 Å². The van der Waals surface area contributed by atoms with Gasteiger partial charge in [0.2, 0.25) is 0 Å². The highest BCUT2D eigenvalue weighted by molar-refractivity contribution is 7.94. The predicted molar refractivity (Wildman–Crippen MR) is 146 cm³/mol. The van der Waals surface area contributed by atoms with Gasteiger partial charge in [-0.2, -0.15) is 3.89 Å². The molecule has 2 aliphatic heterocycles. The fraction of sp³-hybridized carbons (Fsp3) is 0.667. The second-order valence-corrected chi connectivity index (χ2v) is 9.57. The zero-order valence-corrected chi connectivity index (χ0v) is 22.9. The van der Waals surface area contributed by atoms with Crippen molar-refractivity contribution in [2.45, 2.75) is 24.7 Å². The molecule has 11 heteroatoms. The summed E-state index contributed by atoms with van der Waals surface area (Å²) in [4.78, 5) is 20.7. The highest BCUT2D eigenvalue weighted by atomic mass is 32.2. The number of nitrogens with one attached hydrogen (secondary N) is 2. The second kappa shape index (κ2) is 16.8. The van der Waals surface area contributed by atoms with Crippen molar-refractivity contribution in [3.05, 3.63) is 24.3 Å². The number of halogens is 1. The number of rotatable bonds is 8. The molecule has 2 heterocycles. The molecule has 0 radical (unpaired) electrons. The number of hydrogen-bond acceptors (Lipinski definition) is 6. The normalized spacial score (nSPS) is 16.2. The number of ether oxygens (including phenoxy) is 1. The van der Waals surface area contributed by atoms with Crippen LogP contribution in [-0.2, 0) is 0 Å². The smallest absolute Gasteiger partial charge is 0.317 e. The Morgan fingerprint density at radius 2 is 1.80 bits per heavy atom. The Morgan fingerprint density at radius 1 is 1.14 bits per heavy atom. The average molecular weight is 529 g/mol. The maximum absolute atomic E-state index is 12.3. The molecule has 0 bridgehead atoms. The second-order valence-electron chi connectivity index (χ2n) is 8.58. The maximum Gasteiger partial charge on any atom is 0.317 e. The van der Waals surface area contributed by atoms with E-state index in [1.807, 2.05) is 4.90 Å². The third kappa shape index (κ3) is 10.8. The lowest BCUT2D eigenvalue weighted by atomic mass is 10.3. The molecule has 35 heavy (non-hydrogen) atoms. The molecule has 2 N–H and O–H groups in total. The lowest BCUT2D eigenvalue weighted by Crippen LogP contribution is -2.51. The maximum atomic E-state index is 12.3. The first-order valence-corrected chi connectivity index (χ1v) is 13.5. The summed E-state index contributed by atoms with van der Waals surface area (Å²) in [6.45, 7) is 12.4. The molecule has 2 saturated heterocycles. The molecule has 2 aliphatic rings. The van der Waals surface area contributed by atoms with Crippen molar-refractivity contribution in [1.29, 1.82) is 0 Å². The number of piperazine rings is 2. The minimum atomic E-state index is -0.00197. The number of thiocarbonyl (C=S) groups is 1. The first-order chi connectivity index (χ1) is 17.0. The Kier molecular flexibility index (Phi) is 14.1. The van der Waals surface area contributed by atoms with Crippen LogP contribution in [0.5, 0.6) is 5.75 Å². The topological polar surface area (TPSA) is 63.3 Å². The molecule has 0 spiro atoms. The quantitative estimate of drug-likeness (QED) is 0.395. The standard InChI is InChI=1S/C15H22FN3O2S.C9H19N3S/c1-17-15(20)19-10-8-18(9-11-19)7-2-12-21-13-3-5-14(22-16)6-4-13;1-3-6-11(2)9(13)12-7-4-10-5-8-12/h3-6H,2,7-12H2,1H3,(H,17,20);10H,3-8H2,1-2H3. The lowest BCUT2D eigenvalue weighted by Gasteiger charge is -2.34. The van der Waals surface area contributed by atoms with E-state index in [-0.39, 0.29) is 18.2 Å². The number of hydrogen-bond donors (Lipinski definition) is 2. The molecule has 0 saturated carbocycles. The highest BCUT2D eigenvalue weighted by Crippen LogP contribution is 2.21. The minimum Gasteiger partial charge on any atom is -0.494 e. The number of nitrogens with zero attached hydrogens (tertiary/aromatic N) is 4. The largest absolute Gasteiger partial charge is 0.494 e. The summed E-state index contributed by atoms with van der Waals surface area (Å²) >= 11 is 5.62. The van der Waals surface area contributed by atoms with Crippen LogP contribution in [0.3, 0.4) is 0 Å². The number of benzene rings is 1. The van der Waals surface area contributed by atoms with E-state index in [4.69, 9.17) is 17.0 Å². The molecule has 2 fully saturated rings. The zero-order valence-electron chi connectivity index (χ0n) is 21.3. The molecular formula is C24H41FN6O2S2. The monoisotopic (exact) mass is 528 g/mol. The number of carbonyl (C=O) groups excluding carboxylic acids is 1. The van der Waals surface area contributed by atoms with Crippen LogP contribution in [0.15, 0.2) is 29.2 Å². The van der Waals surface area contributed by atoms with Crippen molar-refractivity contribution >= 4 is 35.5 Å². The number of carbonyl (C=O) groups is 1. The Hall–Kier alpha value is -1.82. The fourth-order valence-corrected chi connectivity index (χ4v) is 4.44. The molecule has 1 aromatic rings. The minimum absolute atomic E-state index is 0.00197. The van der Waals surface area contributed by atoms with Crippen molar-refractivity contribution in [3.63, 3.8) is 0 Å². The van der Waals surface area contributed by atoms with Gasteiger partial charge in [-0.15, -0.1) is 0 Å². The summed E-state index contributed by atoms with van der Waals surface area (Å²) in [5.74, 6) is 0.766. The molecule has 0 aromatic heterocycles. The van der Waals surface area contributed by atoms with Crippen LogP contribution in [0.1, 0.15) is 19.8 Å². The average Bonchev–Trinajstić information content (AvgIpc) is 2.92. The molecule has 3 rings (SSSR count). The van der Waals surface area contributed by atoms with Gasteiger partial charge in [0.05, 0.1) is 18.8 Å². The van der Waals surface area contributed by atoms with Crippen molar-refractivity contribution in [3.8, 4) is 5.75 Å². The van der Waals surface area contributed by atoms with Crippen molar-refractivity contribution in [1.82, 2.24) is 30.2 Å². The van der Waals surface area contributed by atoms with Crippen LogP contribution in [0.25, 0.3) is 0 Å². The summed E-state index contributed by atoms with van der Waals surface area (Å²) in [5.41, 5.74) is 0. The van der Waals surface area contributed by atoms with Crippen LogP contribution < -0.4 is 15.4 Å². The molecule has 0 unspecified atom stereocenters. The van der Waals surface area contributed by atoms with Gasteiger partial charge < -0.3 is 30.1 Å². The van der Waals surface area contributed by atoms with Crippen molar-refractivity contribution in [2.75, 3.05) is 86.1 Å². The summed E-state index contributed by atoms with van der Waals surface area (Å²) in [5, 5.41) is 6.98. The van der Waals surface area contributed by atoms with Gasteiger partial charge in [-0.25, -0.2) is 4.79 Å². The molecule has 2 amide bonds. The SMILES string of the molecule is CCCN(C)C(=S)N1CCNCC1.CNC(=O)N1CCN(CCCOc2ccc(SF)cc2)CC1. The van der Waals surface area contributed by atoms with E-state index >= 15 is 0 Å². The Labute approximate surface area is 219 Å². The highest BCUT2D eigenvalue weighted by Gasteiger charge is 2.19. The van der Waals surface area contributed by atoms with Crippen LogP contribution in [0.2, 0.25) is 0 Å². The van der Waals surface area contributed by atoms with E-state index in [1.165, 1.54) is 0 Å². The van der Waals surface area contributed by atoms with Gasteiger partial charge in [0.15, 0.2) is 5.11 Å². The van der Waals surface area contributed by atoms with E-state index in [9.17, 15) is 8.68 Å². The Morgan fingerprint density at radius 3 is 2.37 bits per heavy atom. The van der Waals surface area contributed by atoms with E-state index < -0.39 is 0 Å². The molecular weight excluding hydrogens is 487 g/mol. The summed E-state index contributed by atoms with van der Waals surface area (Å²) < 4.78 is 18.0. The van der Waals surface area contributed by atoms with Crippen LogP contribution in [0, 0.1) is 0 Å². The van der Waals surface area contributed by atoms with Crippen molar-refractivity contribution < 1.29 is 13.4 Å². The van der Waals surface area contributed by atoms with Gasteiger partial charge in [0, 0.05) is 84.4 Å². The van der Waals surface area contributed by atoms with Crippen LogP contribution in [-0.4, -0.2) is 117 Å². The van der Waals surface area contributed by atoms with E-state index in [2.05, 4.69) is 39.3 Å². The van der Waals surface area contributed by atoms with Gasteiger partial charge in [-0.1, -0.05) is 6.92 Å². The van der Waals surface area contributed by atoms with Crippen LogP contribution >= 0.6 is 24.4 Å². The molecule has 0 atom stereocenters. The van der Waals surface area contributed by atoms with Crippen LogP contribution in [0.4, 0.5) is 8.68 Å². The Bertz CT molecular complexity index is 744. The molecule has 1 aromatic carbocycles. The number of amides is 2. The summed E-state index contributed by atoms with van der Waals surface area (Å²) in [6, 6.07) is 6.97. The summed E-state index contributed by atoms with van der Waals surface area (Å²) in [7, 11) is 3.73. The third-order valence-corrected chi connectivity index (χ3v) is 6.97. The zero-order chi connectivity index (χ0) is 25.5. The fourth-order valence-electron chi connectivity index (χ4n) is 3.93. The van der Waals surface area contributed by atoms with Gasteiger partial charge in [-0.05, 0) is 49.3 Å². The van der Waals surface area contributed by atoms with Gasteiger partial charge in [-0.3, -0.25) is 4.90 Å². The van der Waals surface area contributed by atoms with E-state index in [0.717, 1.165) is 89.2 Å². The number of urea groups is 1. The third-order valence-electron chi connectivity index (χ3n) is 5.95. The predicted octanol–water partition coefficient (Wildman–Crippen LogP) is 2.91. The lowest BCUT2D eigenvalue weighted by molar-refractivity contribution is 0.135. The summed E-state index contributed by atoms with van der Waals surface area (Å²) in [6.07, 6.45) is 2.09. The van der Waals surface area contributed by atoms with Gasteiger partial charge in [0.1, 0.15) is 5.75 Å².